The number of methoxy groups -OCH3 is 4. The molecule has 1 atom stereocenters. The van der Waals surface area contributed by atoms with Crippen LogP contribution in [0.1, 0.15) is 44.7 Å². The lowest BCUT2D eigenvalue weighted by Gasteiger charge is -2.35. The molecule has 0 aromatic heterocycles. The fourth-order valence-corrected chi connectivity index (χ4v) is 4.14. The van der Waals surface area contributed by atoms with E-state index < -0.39 is 0 Å². The van der Waals surface area contributed by atoms with Crippen molar-refractivity contribution in [1.29, 1.82) is 0 Å². The van der Waals surface area contributed by atoms with E-state index in [1.165, 1.54) is 0 Å². The van der Waals surface area contributed by atoms with Crippen molar-refractivity contribution >= 4 is 17.9 Å². The maximum absolute atomic E-state index is 13.5. The van der Waals surface area contributed by atoms with E-state index >= 15 is 0 Å². The van der Waals surface area contributed by atoms with Gasteiger partial charge in [0.25, 0.3) is 0 Å². The van der Waals surface area contributed by atoms with Crippen molar-refractivity contribution in [1.82, 2.24) is 0 Å². The molecule has 0 heterocycles. The minimum Gasteiger partial charge on any atom is -0.493 e. The molecule has 1 unspecified atom stereocenters. The van der Waals surface area contributed by atoms with Gasteiger partial charge in [0.2, 0.25) is 0 Å². The quantitative estimate of drug-likeness (QED) is 0.490. The van der Waals surface area contributed by atoms with Gasteiger partial charge < -0.3 is 18.9 Å². The normalized spacial score (nSPS) is 19.0. The molecule has 5 nitrogen and oxygen atoms in total. The first-order valence-corrected chi connectivity index (χ1v) is 11.1. The smallest absolute Gasteiger partial charge is 0.185 e. The lowest BCUT2D eigenvalue weighted by molar-refractivity contribution is -0.113. The summed E-state index contributed by atoms with van der Waals surface area (Å²) in [6, 6.07) is 11.4. The summed E-state index contributed by atoms with van der Waals surface area (Å²) >= 11 is 0. The molecule has 0 radical (unpaired) electrons. The third-order valence-corrected chi connectivity index (χ3v) is 6.24. The second-order valence-corrected chi connectivity index (χ2v) is 9.37. The van der Waals surface area contributed by atoms with E-state index in [4.69, 9.17) is 18.9 Å². The first-order valence-electron chi connectivity index (χ1n) is 11.1. The molecule has 3 rings (SSSR count). The van der Waals surface area contributed by atoms with E-state index in [9.17, 15) is 4.79 Å². The highest BCUT2D eigenvalue weighted by atomic mass is 16.5. The fourth-order valence-electron chi connectivity index (χ4n) is 4.14. The molecule has 1 aliphatic carbocycles. The van der Waals surface area contributed by atoms with Gasteiger partial charge in [-0.3, -0.25) is 4.79 Å². The maximum Gasteiger partial charge on any atom is 0.185 e. The zero-order valence-electron chi connectivity index (χ0n) is 20.7. The number of allylic oxidation sites excluding steroid dienone is 2. The topological polar surface area (TPSA) is 54.0 Å². The maximum atomic E-state index is 13.5. The number of benzene rings is 2. The molecule has 0 bridgehead atoms. The Labute approximate surface area is 197 Å². The zero-order chi connectivity index (χ0) is 24.2. The number of ether oxygens (including phenoxy) is 4. The van der Waals surface area contributed by atoms with Crippen molar-refractivity contribution in [3.05, 3.63) is 58.7 Å². The summed E-state index contributed by atoms with van der Waals surface area (Å²) in [5.41, 5.74) is 3.50. The molecular formula is C28H34O5. The number of carbonyl (C=O) groups excluding carboxylic acids is 1. The largest absolute Gasteiger partial charge is 0.493 e. The van der Waals surface area contributed by atoms with Crippen LogP contribution in [-0.4, -0.2) is 34.2 Å². The highest BCUT2D eigenvalue weighted by molar-refractivity contribution is 6.14. The predicted molar refractivity (Wildman–Crippen MR) is 132 cm³/mol. The summed E-state index contributed by atoms with van der Waals surface area (Å²) in [4.78, 5) is 13.5. The van der Waals surface area contributed by atoms with Gasteiger partial charge in [-0.25, -0.2) is 0 Å². The number of hydrogen-bond acceptors (Lipinski definition) is 5. The molecule has 0 N–H and O–H groups in total. The van der Waals surface area contributed by atoms with Crippen LogP contribution >= 0.6 is 0 Å². The van der Waals surface area contributed by atoms with Crippen molar-refractivity contribution in [3.8, 4) is 23.0 Å². The van der Waals surface area contributed by atoms with Crippen LogP contribution in [0.2, 0.25) is 0 Å². The Morgan fingerprint density at radius 1 is 0.697 bits per heavy atom. The molecule has 33 heavy (non-hydrogen) atoms. The molecule has 0 amide bonds. The first kappa shape index (κ1) is 24.4. The highest BCUT2D eigenvalue weighted by Gasteiger charge is 2.34. The van der Waals surface area contributed by atoms with Gasteiger partial charge in [0.15, 0.2) is 28.8 Å². The van der Waals surface area contributed by atoms with E-state index in [-0.39, 0.29) is 11.2 Å². The molecule has 2 aromatic rings. The van der Waals surface area contributed by atoms with Gasteiger partial charge in [0.1, 0.15) is 0 Å². The Morgan fingerprint density at radius 3 is 1.42 bits per heavy atom. The second kappa shape index (κ2) is 10.2. The molecule has 0 aliphatic heterocycles. The van der Waals surface area contributed by atoms with E-state index in [2.05, 4.69) is 20.8 Å². The number of rotatable bonds is 6. The molecule has 2 aromatic carbocycles. The van der Waals surface area contributed by atoms with Crippen molar-refractivity contribution in [2.45, 2.75) is 33.6 Å². The van der Waals surface area contributed by atoms with Crippen molar-refractivity contribution in [2.75, 3.05) is 28.4 Å². The van der Waals surface area contributed by atoms with Crippen molar-refractivity contribution in [2.24, 2.45) is 11.3 Å². The number of ketones is 1. The minimum atomic E-state index is 0.0636. The summed E-state index contributed by atoms with van der Waals surface area (Å²) < 4.78 is 21.6. The van der Waals surface area contributed by atoms with Gasteiger partial charge in [0, 0.05) is 11.1 Å². The molecule has 1 fully saturated rings. The Bertz CT molecular complexity index is 995. The molecule has 1 aliphatic rings. The third kappa shape index (κ3) is 5.59. The summed E-state index contributed by atoms with van der Waals surface area (Å²) in [7, 11) is 6.44. The van der Waals surface area contributed by atoms with Crippen LogP contribution in [0.4, 0.5) is 0 Å². The van der Waals surface area contributed by atoms with Gasteiger partial charge in [-0.1, -0.05) is 32.9 Å². The summed E-state index contributed by atoms with van der Waals surface area (Å²) in [6.45, 7) is 6.70. The van der Waals surface area contributed by atoms with Crippen LogP contribution in [0, 0.1) is 11.3 Å². The van der Waals surface area contributed by atoms with Crippen molar-refractivity contribution < 1.29 is 23.7 Å². The number of carbonyl (C=O) groups is 1. The first-order chi connectivity index (χ1) is 15.7. The monoisotopic (exact) mass is 450 g/mol. The second-order valence-electron chi connectivity index (χ2n) is 9.37. The van der Waals surface area contributed by atoms with Gasteiger partial charge in [0.05, 0.1) is 28.4 Å². The van der Waals surface area contributed by atoms with Crippen LogP contribution in [0.5, 0.6) is 23.0 Å². The lowest BCUT2D eigenvalue weighted by atomic mass is 9.68. The standard InChI is InChI=1S/C28H34O5/c1-28(2,3)22-16-20(12-18-8-10-23(30-4)25(14-18)32-6)27(29)21(17-22)13-19-9-11-24(31-5)26(15-19)33-7/h8-15,22H,16-17H2,1-7H3/b20-12-,21-13+. The molecule has 1 saturated carbocycles. The minimum absolute atomic E-state index is 0.0636. The Morgan fingerprint density at radius 2 is 1.09 bits per heavy atom. The Hall–Kier alpha value is -3.21. The van der Waals surface area contributed by atoms with E-state index in [0.29, 0.717) is 28.9 Å². The average molecular weight is 451 g/mol. The fraction of sp³-hybridized carbons (Fsp3) is 0.393. The highest BCUT2D eigenvalue weighted by Crippen LogP contribution is 2.42. The number of hydrogen-bond donors (Lipinski definition) is 0. The van der Waals surface area contributed by atoms with Crippen LogP contribution < -0.4 is 18.9 Å². The van der Waals surface area contributed by atoms with Crippen LogP contribution in [0.3, 0.4) is 0 Å². The third-order valence-electron chi connectivity index (χ3n) is 6.24. The lowest BCUT2D eigenvalue weighted by Crippen LogP contribution is -2.29. The van der Waals surface area contributed by atoms with E-state index in [0.717, 1.165) is 35.1 Å². The number of Topliss-reactive ketones (excluding diaryl/α,β-unsaturated/α-hetero) is 1. The van der Waals surface area contributed by atoms with Gasteiger partial charge in [-0.15, -0.1) is 0 Å². The molecule has 5 heteroatoms. The summed E-state index contributed by atoms with van der Waals surface area (Å²) in [6.07, 6.45) is 5.43. The van der Waals surface area contributed by atoms with Crippen LogP contribution in [0.25, 0.3) is 12.2 Å². The van der Waals surface area contributed by atoms with Crippen molar-refractivity contribution in [3.63, 3.8) is 0 Å². The van der Waals surface area contributed by atoms with E-state index in [1.807, 2.05) is 48.6 Å². The molecule has 0 spiro atoms. The summed E-state index contributed by atoms with van der Waals surface area (Å²) in [5.74, 6) is 3.03. The van der Waals surface area contributed by atoms with Gasteiger partial charge >= 0.3 is 0 Å². The average Bonchev–Trinajstić information content (AvgIpc) is 2.80. The van der Waals surface area contributed by atoms with Crippen LogP contribution in [-0.2, 0) is 4.79 Å². The molecule has 0 saturated heterocycles. The zero-order valence-corrected chi connectivity index (χ0v) is 20.7. The van der Waals surface area contributed by atoms with Crippen LogP contribution in [0.15, 0.2) is 47.5 Å². The Balaban J connectivity index is 2.03. The molecular weight excluding hydrogens is 416 g/mol. The van der Waals surface area contributed by atoms with Gasteiger partial charge in [-0.2, -0.15) is 0 Å². The van der Waals surface area contributed by atoms with E-state index in [1.54, 1.807) is 28.4 Å². The molecule has 176 valence electrons. The SMILES string of the molecule is COc1ccc(/C=C2/CC(C(C)(C)C)C/C(=C\c3ccc(OC)c(OC)c3)C2=O)cc1OC. The predicted octanol–water partition coefficient (Wildman–Crippen LogP) is 6.21. The summed E-state index contributed by atoms with van der Waals surface area (Å²) in [5, 5.41) is 0. The van der Waals surface area contributed by atoms with Gasteiger partial charge in [-0.05, 0) is 71.7 Å². The Kier molecular flexibility index (Phi) is 7.52.